The Bertz CT molecular complexity index is 476. The Balaban J connectivity index is 2.02. The molecule has 0 radical (unpaired) electrons. The van der Waals surface area contributed by atoms with Crippen LogP contribution < -0.4 is 5.73 Å². The van der Waals surface area contributed by atoms with Gasteiger partial charge in [-0.05, 0) is 37.5 Å². The molecule has 0 amide bonds. The van der Waals surface area contributed by atoms with Gasteiger partial charge in [-0.1, -0.05) is 12.1 Å². The van der Waals surface area contributed by atoms with Crippen LogP contribution in [0, 0.1) is 12.7 Å². The Labute approximate surface area is 97.9 Å². The lowest BCUT2D eigenvalue weighted by molar-refractivity contribution is 0.627. The van der Waals surface area contributed by atoms with E-state index in [-0.39, 0.29) is 5.82 Å². The van der Waals surface area contributed by atoms with Crippen molar-refractivity contribution in [2.75, 3.05) is 5.73 Å². The van der Waals surface area contributed by atoms with Gasteiger partial charge in [0.2, 0.25) is 0 Å². The molecule has 0 saturated heterocycles. The summed E-state index contributed by atoms with van der Waals surface area (Å²) in [5, 5.41) is 0.617. The number of benzene rings is 1. The first-order valence-corrected chi connectivity index (χ1v) is 5.93. The lowest BCUT2D eigenvalue weighted by Gasteiger charge is -2.00. The van der Waals surface area contributed by atoms with Crippen LogP contribution in [-0.4, -0.2) is 4.98 Å². The van der Waals surface area contributed by atoms with E-state index in [1.165, 1.54) is 28.3 Å². The molecular formula is C12H13FN2S. The maximum atomic E-state index is 12.7. The van der Waals surface area contributed by atoms with Gasteiger partial charge in [-0.3, -0.25) is 0 Å². The number of hydrogen-bond acceptors (Lipinski definition) is 3. The fourth-order valence-corrected chi connectivity index (χ4v) is 2.42. The third-order valence-electron chi connectivity index (χ3n) is 2.46. The molecule has 0 spiro atoms. The summed E-state index contributed by atoms with van der Waals surface area (Å²) in [4.78, 5) is 5.38. The molecule has 0 atom stereocenters. The van der Waals surface area contributed by atoms with Crippen LogP contribution in [0.15, 0.2) is 24.3 Å². The number of hydrogen-bond donors (Lipinski definition) is 1. The molecule has 16 heavy (non-hydrogen) atoms. The molecule has 2 aromatic rings. The van der Waals surface area contributed by atoms with Crippen molar-refractivity contribution in [1.29, 1.82) is 0 Å². The van der Waals surface area contributed by atoms with E-state index in [9.17, 15) is 4.39 Å². The zero-order valence-corrected chi connectivity index (χ0v) is 9.85. The first kappa shape index (κ1) is 11.1. The molecule has 0 aliphatic heterocycles. The number of anilines is 1. The molecule has 2 N–H and O–H groups in total. The van der Waals surface area contributed by atoms with Crippen LogP contribution >= 0.6 is 11.3 Å². The van der Waals surface area contributed by atoms with E-state index >= 15 is 0 Å². The normalized spacial score (nSPS) is 10.6. The van der Waals surface area contributed by atoms with Crippen LogP contribution in [0.3, 0.4) is 0 Å². The highest BCUT2D eigenvalue weighted by Crippen LogP contribution is 2.21. The minimum absolute atomic E-state index is 0.193. The van der Waals surface area contributed by atoms with Gasteiger partial charge >= 0.3 is 0 Å². The number of nitrogens with zero attached hydrogens (tertiary/aromatic N) is 1. The highest BCUT2D eigenvalue weighted by atomic mass is 32.1. The molecule has 2 rings (SSSR count). The molecule has 0 fully saturated rings. The van der Waals surface area contributed by atoms with Crippen molar-refractivity contribution in [2.24, 2.45) is 0 Å². The molecule has 84 valence electrons. The third kappa shape index (κ3) is 2.58. The first-order valence-electron chi connectivity index (χ1n) is 5.11. The van der Waals surface area contributed by atoms with Crippen LogP contribution in [0.5, 0.6) is 0 Å². The first-order chi connectivity index (χ1) is 7.65. The van der Waals surface area contributed by atoms with Crippen molar-refractivity contribution in [3.8, 4) is 0 Å². The summed E-state index contributed by atoms with van der Waals surface area (Å²) in [5.74, 6) is -0.193. The number of rotatable bonds is 3. The molecule has 0 aliphatic rings. The van der Waals surface area contributed by atoms with Gasteiger partial charge in [-0.2, -0.15) is 0 Å². The zero-order valence-electron chi connectivity index (χ0n) is 9.03. The van der Waals surface area contributed by atoms with Gasteiger partial charge in [0, 0.05) is 4.88 Å². The molecule has 0 bridgehead atoms. The smallest absolute Gasteiger partial charge is 0.180 e. The average molecular weight is 236 g/mol. The maximum absolute atomic E-state index is 12.7. The number of nitrogens with two attached hydrogens (primary N) is 1. The largest absolute Gasteiger partial charge is 0.375 e. The third-order valence-corrected chi connectivity index (χ3v) is 3.51. The predicted molar refractivity (Wildman–Crippen MR) is 65.1 cm³/mol. The number of thiazole rings is 1. The minimum atomic E-state index is -0.193. The van der Waals surface area contributed by atoms with E-state index in [0.29, 0.717) is 5.13 Å². The van der Waals surface area contributed by atoms with Crippen LogP contribution in [-0.2, 0) is 12.8 Å². The number of aromatic nitrogens is 1. The van der Waals surface area contributed by atoms with Crippen molar-refractivity contribution in [1.82, 2.24) is 4.98 Å². The predicted octanol–water partition coefficient (Wildman–Crippen LogP) is 2.96. The molecular weight excluding hydrogens is 223 g/mol. The van der Waals surface area contributed by atoms with Crippen LogP contribution in [0.2, 0.25) is 0 Å². The van der Waals surface area contributed by atoms with Gasteiger partial charge in [0.15, 0.2) is 5.13 Å². The quantitative estimate of drug-likeness (QED) is 0.889. The van der Waals surface area contributed by atoms with Crippen molar-refractivity contribution in [3.63, 3.8) is 0 Å². The van der Waals surface area contributed by atoms with Crippen LogP contribution in [0.4, 0.5) is 9.52 Å². The van der Waals surface area contributed by atoms with Crippen molar-refractivity contribution in [2.45, 2.75) is 19.8 Å². The fourth-order valence-electron chi connectivity index (χ4n) is 1.59. The van der Waals surface area contributed by atoms with Gasteiger partial charge in [0.25, 0.3) is 0 Å². The van der Waals surface area contributed by atoms with Crippen molar-refractivity contribution >= 4 is 16.5 Å². The molecule has 1 aromatic heterocycles. The van der Waals surface area contributed by atoms with Crippen LogP contribution in [0.25, 0.3) is 0 Å². The van der Waals surface area contributed by atoms with E-state index in [0.717, 1.165) is 24.1 Å². The molecule has 2 nitrogen and oxygen atoms in total. The molecule has 1 heterocycles. The van der Waals surface area contributed by atoms with E-state index < -0.39 is 0 Å². The second kappa shape index (κ2) is 4.61. The van der Waals surface area contributed by atoms with E-state index in [2.05, 4.69) is 4.98 Å². The van der Waals surface area contributed by atoms with E-state index in [1.54, 1.807) is 0 Å². The Hall–Kier alpha value is -1.42. The standard InChI is InChI=1S/C12H13FN2S/c1-8-11(16-12(14)15-8)7-4-9-2-5-10(13)6-3-9/h2-3,5-6H,4,7H2,1H3,(H2,14,15). The summed E-state index contributed by atoms with van der Waals surface area (Å²) in [6, 6.07) is 6.61. The number of halogens is 1. The lowest BCUT2D eigenvalue weighted by atomic mass is 10.1. The van der Waals surface area contributed by atoms with Gasteiger partial charge < -0.3 is 5.73 Å². The second-order valence-corrected chi connectivity index (χ2v) is 4.80. The SMILES string of the molecule is Cc1nc(N)sc1CCc1ccc(F)cc1. The minimum Gasteiger partial charge on any atom is -0.375 e. The topological polar surface area (TPSA) is 38.9 Å². The Morgan fingerprint density at radius 3 is 2.50 bits per heavy atom. The van der Waals surface area contributed by atoms with Gasteiger partial charge in [-0.25, -0.2) is 9.37 Å². The molecule has 0 saturated carbocycles. The Morgan fingerprint density at radius 1 is 1.25 bits per heavy atom. The summed E-state index contributed by atoms with van der Waals surface area (Å²) in [5.41, 5.74) is 7.76. The zero-order chi connectivity index (χ0) is 11.5. The summed E-state index contributed by atoms with van der Waals surface area (Å²) in [7, 11) is 0. The van der Waals surface area contributed by atoms with E-state index in [1.807, 2.05) is 19.1 Å². The monoisotopic (exact) mass is 236 g/mol. The molecule has 4 heteroatoms. The number of aryl methyl sites for hydroxylation is 3. The van der Waals surface area contributed by atoms with Crippen molar-refractivity contribution in [3.05, 3.63) is 46.2 Å². The van der Waals surface area contributed by atoms with Gasteiger partial charge in [0.05, 0.1) is 5.69 Å². The van der Waals surface area contributed by atoms with E-state index in [4.69, 9.17) is 5.73 Å². The summed E-state index contributed by atoms with van der Waals surface area (Å²) in [6.07, 6.45) is 1.80. The van der Waals surface area contributed by atoms with Crippen molar-refractivity contribution < 1.29 is 4.39 Å². The maximum Gasteiger partial charge on any atom is 0.180 e. The summed E-state index contributed by atoms with van der Waals surface area (Å²) < 4.78 is 12.7. The highest BCUT2D eigenvalue weighted by molar-refractivity contribution is 7.15. The number of nitrogen functional groups attached to an aromatic ring is 1. The van der Waals surface area contributed by atoms with Gasteiger partial charge in [0.1, 0.15) is 5.82 Å². The molecule has 0 unspecified atom stereocenters. The summed E-state index contributed by atoms with van der Waals surface area (Å²) >= 11 is 1.53. The Morgan fingerprint density at radius 2 is 1.94 bits per heavy atom. The lowest BCUT2D eigenvalue weighted by Crippen LogP contribution is -1.91. The fraction of sp³-hybridized carbons (Fsp3) is 0.250. The molecule has 1 aromatic carbocycles. The van der Waals surface area contributed by atoms with Gasteiger partial charge in [-0.15, -0.1) is 11.3 Å². The average Bonchev–Trinajstić information content (AvgIpc) is 2.57. The molecule has 0 aliphatic carbocycles. The second-order valence-electron chi connectivity index (χ2n) is 3.69. The van der Waals surface area contributed by atoms with Crippen LogP contribution in [0.1, 0.15) is 16.1 Å². The Kier molecular flexibility index (Phi) is 3.19. The highest BCUT2D eigenvalue weighted by Gasteiger charge is 2.05. The summed E-state index contributed by atoms with van der Waals surface area (Å²) in [6.45, 7) is 1.97.